The summed E-state index contributed by atoms with van der Waals surface area (Å²) in [6.45, 7) is 7.47. The zero-order valence-electron chi connectivity index (χ0n) is 13.0. The van der Waals surface area contributed by atoms with Gasteiger partial charge in [0, 0.05) is 43.3 Å². The Kier molecular flexibility index (Phi) is 4.02. The molecule has 1 amide bonds. The Morgan fingerprint density at radius 2 is 2.24 bits per heavy atom. The van der Waals surface area contributed by atoms with E-state index in [4.69, 9.17) is 4.74 Å². The first-order valence-electron chi connectivity index (χ1n) is 7.97. The van der Waals surface area contributed by atoms with Gasteiger partial charge in [-0.15, -0.1) is 0 Å². The van der Waals surface area contributed by atoms with Crippen LogP contribution in [-0.2, 0) is 14.9 Å². The first-order valence-corrected chi connectivity index (χ1v) is 7.97. The van der Waals surface area contributed by atoms with E-state index in [-0.39, 0.29) is 11.3 Å². The highest BCUT2D eigenvalue weighted by molar-refractivity contribution is 5.79. The van der Waals surface area contributed by atoms with Crippen LogP contribution >= 0.6 is 0 Å². The molecule has 1 N–H and O–H groups in total. The summed E-state index contributed by atoms with van der Waals surface area (Å²) in [7, 11) is 0. The molecule has 0 aromatic carbocycles. The fourth-order valence-electron chi connectivity index (χ4n) is 3.79. The number of aromatic amines is 1. The van der Waals surface area contributed by atoms with Crippen molar-refractivity contribution in [3.8, 4) is 0 Å². The lowest BCUT2D eigenvalue weighted by atomic mass is 9.77. The van der Waals surface area contributed by atoms with E-state index in [1.165, 1.54) is 11.3 Å². The van der Waals surface area contributed by atoms with Gasteiger partial charge in [0.15, 0.2) is 0 Å². The second-order valence-corrected chi connectivity index (χ2v) is 6.74. The molecule has 1 aromatic heterocycles. The van der Waals surface area contributed by atoms with Crippen molar-refractivity contribution in [2.75, 3.05) is 26.3 Å². The van der Waals surface area contributed by atoms with Gasteiger partial charge < -0.3 is 9.64 Å². The van der Waals surface area contributed by atoms with Crippen molar-refractivity contribution in [2.24, 2.45) is 5.92 Å². The van der Waals surface area contributed by atoms with Crippen LogP contribution in [0.15, 0.2) is 6.20 Å². The Morgan fingerprint density at radius 1 is 1.48 bits per heavy atom. The predicted octanol–water partition coefficient (Wildman–Crippen LogP) is 2.02. The topological polar surface area (TPSA) is 58.2 Å². The maximum Gasteiger partial charge on any atom is 0.225 e. The van der Waals surface area contributed by atoms with Gasteiger partial charge in [-0.05, 0) is 38.2 Å². The van der Waals surface area contributed by atoms with E-state index < -0.39 is 0 Å². The van der Waals surface area contributed by atoms with E-state index in [2.05, 4.69) is 28.9 Å². The van der Waals surface area contributed by atoms with Crippen LogP contribution in [0.2, 0.25) is 0 Å². The Bertz CT molecular complexity index is 507. The summed E-state index contributed by atoms with van der Waals surface area (Å²) in [6, 6.07) is 0. The van der Waals surface area contributed by atoms with Gasteiger partial charge >= 0.3 is 0 Å². The van der Waals surface area contributed by atoms with E-state index >= 15 is 0 Å². The number of hydrogen-bond acceptors (Lipinski definition) is 3. The van der Waals surface area contributed by atoms with Gasteiger partial charge in [-0.25, -0.2) is 0 Å². The van der Waals surface area contributed by atoms with E-state index in [9.17, 15) is 4.79 Å². The molecule has 0 radical (unpaired) electrons. The van der Waals surface area contributed by atoms with Gasteiger partial charge in [0.25, 0.3) is 0 Å². The molecule has 1 unspecified atom stereocenters. The van der Waals surface area contributed by atoms with E-state index in [0.29, 0.717) is 5.91 Å². The number of aromatic nitrogens is 2. The summed E-state index contributed by atoms with van der Waals surface area (Å²) in [5.74, 6) is 0.477. The van der Waals surface area contributed by atoms with Gasteiger partial charge in [0.1, 0.15) is 0 Å². The van der Waals surface area contributed by atoms with Crippen LogP contribution < -0.4 is 0 Å². The molecule has 0 aliphatic carbocycles. The highest BCUT2D eigenvalue weighted by atomic mass is 16.5. The summed E-state index contributed by atoms with van der Waals surface area (Å²) in [5, 5.41) is 7.30. The van der Waals surface area contributed by atoms with Gasteiger partial charge in [-0.1, -0.05) is 6.92 Å². The average Bonchev–Trinajstić information content (AvgIpc) is 2.94. The quantitative estimate of drug-likeness (QED) is 0.907. The first-order chi connectivity index (χ1) is 10.1. The van der Waals surface area contributed by atoms with Gasteiger partial charge in [0.05, 0.1) is 6.20 Å². The zero-order valence-corrected chi connectivity index (χ0v) is 13.0. The maximum absolute atomic E-state index is 12.7. The molecule has 2 aliphatic rings. The van der Waals surface area contributed by atoms with Crippen molar-refractivity contribution in [3.05, 3.63) is 17.5 Å². The molecule has 5 heteroatoms. The molecule has 0 saturated carbocycles. The van der Waals surface area contributed by atoms with Crippen molar-refractivity contribution in [3.63, 3.8) is 0 Å². The SMILES string of the molecule is Cc1cn[nH]c1C1(C)CCCN(C(=O)C2CCOCC2)C1. The van der Waals surface area contributed by atoms with Crippen LogP contribution in [0, 0.1) is 12.8 Å². The minimum atomic E-state index is -0.000337. The van der Waals surface area contributed by atoms with E-state index in [0.717, 1.165) is 52.0 Å². The summed E-state index contributed by atoms with van der Waals surface area (Å²) in [4.78, 5) is 14.8. The van der Waals surface area contributed by atoms with Crippen molar-refractivity contribution in [2.45, 2.75) is 44.9 Å². The van der Waals surface area contributed by atoms with Crippen LogP contribution in [0.4, 0.5) is 0 Å². The van der Waals surface area contributed by atoms with Crippen LogP contribution in [0.1, 0.15) is 43.9 Å². The third kappa shape index (κ3) is 2.84. The monoisotopic (exact) mass is 291 g/mol. The smallest absolute Gasteiger partial charge is 0.225 e. The second-order valence-electron chi connectivity index (χ2n) is 6.74. The predicted molar refractivity (Wildman–Crippen MR) is 80.0 cm³/mol. The molecule has 2 aliphatic heterocycles. The fraction of sp³-hybridized carbons (Fsp3) is 0.750. The summed E-state index contributed by atoms with van der Waals surface area (Å²) >= 11 is 0. The van der Waals surface area contributed by atoms with Crippen LogP contribution in [0.5, 0.6) is 0 Å². The number of likely N-dealkylation sites (tertiary alicyclic amines) is 1. The van der Waals surface area contributed by atoms with Crippen LogP contribution in [-0.4, -0.2) is 47.3 Å². The molecular weight excluding hydrogens is 266 g/mol. The standard InChI is InChI=1S/C16H25N3O2/c1-12-10-17-18-14(12)16(2)6-3-7-19(11-16)15(20)13-4-8-21-9-5-13/h10,13H,3-9,11H2,1-2H3,(H,17,18). The lowest BCUT2D eigenvalue weighted by Crippen LogP contribution is -2.50. The highest BCUT2D eigenvalue weighted by Crippen LogP contribution is 2.35. The largest absolute Gasteiger partial charge is 0.381 e. The molecular formula is C16H25N3O2. The molecule has 3 heterocycles. The molecule has 0 spiro atoms. The molecule has 116 valence electrons. The van der Waals surface area contributed by atoms with Crippen molar-refractivity contribution in [1.29, 1.82) is 0 Å². The highest BCUT2D eigenvalue weighted by Gasteiger charge is 2.38. The number of rotatable bonds is 2. The van der Waals surface area contributed by atoms with Gasteiger partial charge in [-0.2, -0.15) is 5.10 Å². The summed E-state index contributed by atoms with van der Waals surface area (Å²) in [6.07, 6.45) is 5.78. The van der Waals surface area contributed by atoms with E-state index in [1.54, 1.807) is 0 Å². The van der Waals surface area contributed by atoms with Crippen molar-refractivity contribution < 1.29 is 9.53 Å². The van der Waals surface area contributed by atoms with E-state index in [1.807, 2.05) is 6.20 Å². The molecule has 21 heavy (non-hydrogen) atoms. The number of carbonyl (C=O) groups is 1. The van der Waals surface area contributed by atoms with Crippen LogP contribution in [0.3, 0.4) is 0 Å². The Labute approximate surface area is 126 Å². The number of hydrogen-bond donors (Lipinski definition) is 1. The normalized spacial score (nSPS) is 27.8. The number of H-pyrrole nitrogens is 1. The Hall–Kier alpha value is -1.36. The molecule has 5 nitrogen and oxygen atoms in total. The van der Waals surface area contributed by atoms with Crippen LogP contribution in [0.25, 0.3) is 0 Å². The third-order valence-corrected chi connectivity index (χ3v) is 5.01. The van der Waals surface area contributed by atoms with Gasteiger partial charge in [-0.3, -0.25) is 9.89 Å². The third-order valence-electron chi connectivity index (χ3n) is 5.01. The summed E-state index contributed by atoms with van der Waals surface area (Å²) < 4.78 is 5.37. The lowest BCUT2D eigenvalue weighted by Gasteiger charge is -2.42. The number of nitrogens with one attached hydrogen (secondary N) is 1. The molecule has 0 bridgehead atoms. The number of aryl methyl sites for hydroxylation is 1. The molecule has 1 atom stereocenters. The maximum atomic E-state index is 12.7. The minimum absolute atomic E-state index is 0.000337. The molecule has 2 saturated heterocycles. The molecule has 3 rings (SSSR count). The lowest BCUT2D eigenvalue weighted by molar-refractivity contribution is -0.140. The number of carbonyl (C=O) groups excluding carboxylic acids is 1. The average molecular weight is 291 g/mol. The number of amides is 1. The number of nitrogens with zero attached hydrogens (tertiary/aromatic N) is 2. The first kappa shape index (κ1) is 14.6. The molecule has 1 aromatic rings. The fourth-order valence-corrected chi connectivity index (χ4v) is 3.79. The second kappa shape index (κ2) is 5.79. The molecule has 2 fully saturated rings. The van der Waals surface area contributed by atoms with Crippen molar-refractivity contribution in [1.82, 2.24) is 15.1 Å². The number of ether oxygens (including phenoxy) is 1. The number of piperidine rings is 1. The zero-order chi connectivity index (χ0) is 14.9. The van der Waals surface area contributed by atoms with Gasteiger partial charge in [0.2, 0.25) is 5.91 Å². The Morgan fingerprint density at radius 3 is 2.90 bits per heavy atom. The van der Waals surface area contributed by atoms with Crippen molar-refractivity contribution >= 4 is 5.91 Å². The summed E-state index contributed by atoms with van der Waals surface area (Å²) in [5.41, 5.74) is 2.38. The Balaban J connectivity index is 1.73. The minimum Gasteiger partial charge on any atom is -0.381 e.